The van der Waals surface area contributed by atoms with E-state index in [0.29, 0.717) is 16.6 Å². The minimum absolute atomic E-state index is 0.110. The lowest BCUT2D eigenvalue weighted by atomic mass is 9.94. The van der Waals surface area contributed by atoms with Gasteiger partial charge in [-0.05, 0) is 29.7 Å². The normalized spacial score (nSPS) is 11.8. The maximum atomic E-state index is 6.06. The maximum absolute atomic E-state index is 6.06. The Labute approximate surface area is 107 Å². The molecule has 1 rings (SSSR count). The summed E-state index contributed by atoms with van der Waals surface area (Å²) in [6, 6.07) is 5.54. The first kappa shape index (κ1) is 13.8. The zero-order valence-electron chi connectivity index (χ0n) is 9.69. The Morgan fingerprint density at radius 1 is 1.31 bits per heavy atom. The predicted octanol–water partition coefficient (Wildman–Crippen LogP) is 3.07. The van der Waals surface area contributed by atoms with Crippen LogP contribution in [0.1, 0.15) is 19.4 Å². The van der Waals surface area contributed by atoms with Crippen LogP contribution < -0.4 is 11.1 Å². The second kappa shape index (κ2) is 5.87. The SMILES string of the molecule is CC(C)(CN)CNCc1ccc(Cl)cc1Cl. The molecule has 90 valence electrons. The van der Waals surface area contributed by atoms with Crippen LogP contribution in [-0.2, 0) is 6.54 Å². The summed E-state index contributed by atoms with van der Waals surface area (Å²) in [5.41, 5.74) is 6.82. The first-order valence-electron chi connectivity index (χ1n) is 5.29. The van der Waals surface area contributed by atoms with Crippen molar-refractivity contribution in [3.63, 3.8) is 0 Å². The van der Waals surface area contributed by atoms with E-state index in [4.69, 9.17) is 28.9 Å². The summed E-state index contributed by atoms with van der Waals surface area (Å²) in [5, 5.41) is 4.71. The Kier molecular flexibility index (Phi) is 5.06. The molecule has 16 heavy (non-hydrogen) atoms. The molecule has 0 spiro atoms. The molecule has 3 N–H and O–H groups in total. The molecule has 2 nitrogen and oxygen atoms in total. The van der Waals surface area contributed by atoms with Gasteiger partial charge in [-0.3, -0.25) is 0 Å². The van der Waals surface area contributed by atoms with Crippen molar-refractivity contribution in [3.05, 3.63) is 33.8 Å². The Morgan fingerprint density at radius 2 is 2.00 bits per heavy atom. The van der Waals surface area contributed by atoms with Crippen LogP contribution in [0.3, 0.4) is 0 Å². The number of halogens is 2. The zero-order chi connectivity index (χ0) is 12.2. The van der Waals surface area contributed by atoms with E-state index in [1.54, 1.807) is 6.07 Å². The van der Waals surface area contributed by atoms with Gasteiger partial charge in [-0.15, -0.1) is 0 Å². The minimum atomic E-state index is 0.110. The van der Waals surface area contributed by atoms with Crippen LogP contribution in [0.4, 0.5) is 0 Å². The number of nitrogens with one attached hydrogen (secondary N) is 1. The van der Waals surface area contributed by atoms with E-state index in [2.05, 4.69) is 19.2 Å². The third kappa shape index (κ3) is 4.30. The van der Waals surface area contributed by atoms with Gasteiger partial charge < -0.3 is 11.1 Å². The lowest BCUT2D eigenvalue weighted by Gasteiger charge is -2.22. The average Bonchev–Trinajstić information content (AvgIpc) is 2.21. The van der Waals surface area contributed by atoms with E-state index in [1.165, 1.54) is 0 Å². The van der Waals surface area contributed by atoms with Crippen LogP contribution in [0.15, 0.2) is 18.2 Å². The highest BCUT2D eigenvalue weighted by Gasteiger charge is 2.14. The van der Waals surface area contributed by atoms with Gasteiger partial charge in [0.2, 0.25) is 0 Å². The Hall–Kier alpha value is -0.280. The topological polar surface area (TPSA) is 38.0 Å². The van der Waals surface area contributed by atoms with Crippen molar-refractivity contribution >= 4 is 23.2 Å². The van der Waals surface area contributed by atoms with Crippen LogP contribution in [0, 0.1) is 5.41 Å². The van der Waals surface area contributed by atoms with Crippen LogP contribution in [-0.4, -0.2) is 13.1 Å². The zero-order valence-corrected chi connectivity index (χ0v) is 11.2. The molecular weight excluding hydrogens is 243 g/mol. The van der Waals surface area contributed by atoms with Gasteiger partial charge in [0.25, 0.3) is 0 Å². The molecule has 0 bridgehead atoms. The molecule has 0 saturated carbocycles. The summed E-state index contributed by atoms with van der Waals surface area (Å²) in [4.78, 5) is 0. The first-order chi connectivity index (χ1) is 7.44. The molecule has 1 aromatic carbocycles. The molecule has 0 aromatic heterocycles. The summed E-state index contributed by atoms with van der Waals surface area (Å²) < 4.78 is 0. The van der Waals surface area contributed by atoms with Gasteiger partial charge in [-0.2, -0.15) is 0 Å². The van der Waals surface area contributed by atoms with Crippen molar-refractivity contribution in [3.8, 4) is 0 Å². The van der Waals surface area contributed by atoms with Crippen molar-refractivity contribution in [2.75, 3.05) is 13.1 Å². The van der Waals surface area contributed by atoms with Gasteiger partial charge in [0, 0.05) is 23.1 Å². The Morgan fingerprint density at radius 3 is 2.56 bits per heavy atom. The van der Waals surface area contributed by atoms with Crippen molar-refractivity contribution in [1.82, 2.24) is 5.32 Å². The number of hydrogen-bond acceptors (Lipinski definition) is 2. The van der Waals surface area contributed by atoms with Gasteiger partial charge in [-0.25, -0.2) is 0 Å². The molecule has 0 unspecified atom stereocenters. The molecule has 0 fully saturated rings. The number of nitrogens with two attached hydrogens (primary N) is 1. The highest BCUT2D eigenvalue weighted by atomic mass is 35.5. The fourth-order valence-electron chi connectivity index (χ4n) is 1.27. The summed E-state index contributed by atoms with van der Waals surface area (Å²) in [6.07, 6.45) is 0. The second-order valence-electron chi connectivity index (χ2n) is 4.71. The third-order valence-corrected chi connectivity index (χ3v) is 3.07. The largest absolute Gasteiger partial charge is 0.330 e. The molecule has 0 atom stereocenters. The fraction of sp³-hybridized carbons (Fsp3) is 0.500. The minimum Gasteiger partial charge on any atom is -0.330 e. The number of rotatable bonds is 5. The Bertz CT molecular complexity index is 351. The van der Waals surface area contributed by atoms with E-state index in [0.717, 1.165) is 18.7 Å². The lowest BCUT2D eigenvalue weighted by Crippen LogP contribution is -2.35. The average molecular weight is 261 g/mol. The van der Waals surface area contributed by atoms with Gasteiger partial charge in [0.05, 0.1) is 0 Å². The molecule has 0 aliphatic carbocycles. The standard InChI is InChI=1S/C12H18Cl2N2/c1-12(2,7-15)8-16-6-9-3-4-10(13)5-11(9)14/h3-5,16H,6-8,15H2,1-2H3. The van der Waals surface area contributed by atoms with Crippen molar-refractivity contribution in [1.29, 1.82) is 0 Å². The van der Waals surface area contributed by atoms with Crippen molar-refractivity contribution in [2.45, 2.75) is 20.4 Å². The van der Waals surface area contributed by atoms with Gasteiger partial charge in [-0.1, -0.05) is 43.1 Å². The first-order valence-corrected chi connectivity index (χ1v) is 6.05. The highest BCUT2D eigenvalue weighted by Crippen LogP contribution is 2.21. The molecule has 0 amide bonds. The van der Waals surface area contributed by atoms with Crippen LogP contribution in [0.25, 0.3) is 0 Å². The monoisotopic (exact) mass is 260 g/mol. The highest BCUT2D eigenvalue weighted by molar-refractivity contribution is 6.35. The molecule has 0 aliphatic heterocycles. The second-order valence-corrected chi connectivity index (χ2v) is 5.55. The van der Waals surface area contributed by atoms with E-state index in [9.17, 15) is 0 Å². The molecular formula is C12H18Cl2N2. The molecule has 0 aliphatic rings. The number of hydrogen-bond donors (Lipinski definition) is 2. The molecule has 4 heteroatoms. The molecule has 1 aromatic rings. The third-order valence-electron chi connectivity index (χ3n) is 2.49. The van der Waals surface area contributed by atoms with Crippen LogP contribution >= 0.6 is 23.2 Å². The summed E-state index contributed by atoms with van der Waals surface area (Å²) in [6.45, 7) is 6.52. The quantitative estimate of drug-likeness (QED) is 0.854. The van der Waals surface area contributed by atoms with E-state index in [1.807, 2.05) is 12.1 Å². The van der Waals surface area contributed by atoms with E-state index < -0.39 is 0 Å². The van der Waals surface area contributed by atoms with Gasteiger partial charge in [0.1, 0.15) is 0 Å². The smallest absolute Gasteiger partial charge is 0.0465 e. The molecule has 0 saturated heterocycles. The van der Waals surface area contributed by atoms with Gasteiger partial charge in [0.15, 0.2) is 0 Å². The molecule has 0 radical (unpaired) electrons. The van der Waals surface area contributed by atoms with Crippen LogP contribution in [0.5, 0.6) is 0 Å². The van der Waals surface area contributed by atoms with Crippen molar-refractivity contribution < 1.29 is 0 Å². The predicted molar refractivity (Wildman–Crippen MR) is 71.0 cm³/mol. The molecule has 0 heterocycles. The lowest BCUT2D eigenvalue weighted by molar-refractivity contribution is 0.351. The Balaban J connectivity index is 2.49. The fourth-order valence-corrected chi connectivity index (χ4v) is 1.75. The van der Waals surface area contributed by atoms with Gasteiger partial charge >= 0.3 is 0 Å². The van der Waals surface area contributed by atoms with E-state index >= 15 is 0 Å². The maximum Gasteiger partial charge on any atom is 0.0465 e. The summed E-state index contributed by atoms with van der Waals surface area (Å²) >= 11 is 11.9. The van der Waals surface area contributed by atoms with Crippen molar-refractivity contribution in [2.24, 2.45) is 11.1 Å². The van der Waals surface area contributed by atoms with Crippen LogP contribution in [0.2, 0.25) is 10.0 Å². The summed E-state index contributed by atoms with van der Waals surface area (Å²) in [7, 11) is 0. The van der Waals surface area contributed by atoms with E-state index in [-0.39, 0.29) is 5.41 Å². The number of benzene rings is 1. The summed E-state index contributed by atoms with van der Waals surface area (Å²) in [5.74, 6) is 0.